The minimum Gasteiger partial charge on any atom is -0.330 e. The summed E-state index contributed by atoms with van der Waals surface area (Å²) in [7, 11) is 2.18. The molecule has 1 N–H and O–H groups in total. The molecule has 0 bridgehead atoms. The zero-order valence-electron chi connectivity index (χ0n) is 10.5. The number of hydrazine groups is 1. The normalized spacial score (nSPS) is 23.1. The quantitative estimate of drug-likeness (QED) is 0.823. The van der Waals surface area contributed by atoms with Gasteiger partial charge in [0.05, 0.1) is 18.6 Å². The SMILES string of the molecule is CN1CCN(NCc2cncn2C2CC2)CC1. The van der Waals surface area contributed by atoms with Crippen molar-refractivity contribution in [1.82, 2.24) is 24.9 Å². The molecule has 1 aromatic rings. The van der Waals surface area contributed by atoms with Crippen molar-refractivity contribution in [2.75, 3.05) is 33.2 Å². The number of nitrogens with zero attached hydrogens (tertiary/aromatic N) is 4. The fourth-order valence-electron chi connectivity index (χ4n) is 2.31. The molecule has 3 rings (SSSR count). The van der Waals surface area contributed by atoms with E-state index in [1.165, 1.54) is 18.5 Å². The molecule has 0 amide bonds. The van der Waals surface area contributed by atoms with Gasteiger partial charge in [0.15, 0.2) is 0 Å². The van der Waals surface area contributed by atoms with Crippen LogP contribution >= 0.6 is 0 Å². The third-order valence-electron chi connectivity index (χ3n) is 3.67. The van der Waals surface area contributed by atoms with Crippen LogP contribution in [-0.4, -0.2) is 52.7 Å². The largest absolute Gasteiger partial charge is 0.330 e. The first kappa shape index (κ1) is 11.2. The summed E-state index contributed by atoms with van der Waals surface area (Å²) in [5.41, 5.74) is 4.82. The van der Waals surface area contributed by atoms with Crippen molar-refractivity contribution in [2.45, 2.75) is 25.4 Å². The molecule has 0 unspecified atom stereocenters. The van der Waals surface area contributed by atoms with E-state index in [1.54, 1.807) is 0 Å². The fourth-order valence-corrected chi connectivity index (χ4v) is 2.31. The Bertz CT molecular complexity index is 363. The number of imidazole rings is 1. The van der Waals surface area contributed by atoms with Gasteiger partial charge in [-0.05, 0) is 19.9 Å². The Labute approximate surface area is 102 Å². The molecule has 2 aliphatic rings. The minimum absolute atomic E-state index is 0.724. The van der Waals surface area contributed by atoms with Crippen LogP contribution in [0.25, 0.3) is 0 Å². The average Bonchev–Trinajstić information content (AvgIpc) is 3.08. The monoisotopic (exact) mass is 235 g/mol. The van der Waals surface area contributed by atoms with Gasteiger partial charge in [-0.2, -0.15) is 0 Å². The molecular weight excluding hydrogens is 214 g/mol. The van der Waals surface area contributed by atoms with Crippen LogP contribution < -0.4 is 5.43 Å². The average molecular weight is 235 g/mol. The molecule has 1 saturated carbocycles. The first-order chi connectivity index (χ1) is 8.33. The summed E-state index contributed by atoms with van der Waals surface area (Å²) >= 11 is 0. The lowest BCUT2D eigenvalue weighted by atomic mass is 10.4. The summed E-state index contributed by atoms with van der Waals surface area (Å²) in [5.74, 6) is 0. The lowest BCUT2D eigenvalue weighted by molar-refractivity contribution is 0.101. The zero-order valence-corrected chi connectivity index (χ0v) is 10.5. The Morgan fingerprint density at radius 1 is 1.29 bits per heavy atom. The maximum atomic E-state index is 4.26. The van der Waals surface area contributed by atoms with Crippen LogP contribution in [0.5, 0.6) is 0 Å². The summed E-state index contributed by atoms with van der Waals surface area (Å²) < 4.78 is 2.32. The van der Waals surface area contributed by atoms with Crippen LogP contribution in [0.4, 0.5) is 0 Å². The van der Waals surface area contributed by atoms with Gasteiger partial charge in [0.1, 0.15) is 0 Å². The van der Waals surface area contributed by atoms with Crippen molar-refractivity contribution < 1.29 is 0 Å². The Morgan fingerprint density at radius 3 is 2.76 bits per heavy atom. The summed E-state index contributed by atoms with van der Waals surface area (Å²) in [5, 5.41) is 2.32. The molecule has 94 valence electrons. The number of piperazine rings is 1. The highest BCUT2D eigenvalue weighted by molar-refractivity contribution is 5.03. The van der Waals surface area contributed by atoms with Gasteiger partial charge in [0.2, 0.25) is 0 Å². The molecule has 17 heavy (non-hydrogen) atoms. The second-order valence-corrected chi connectivity index (χ2v) is 5.15. The van der Waals surface area contributed by atoms with Gasteiger partial charge in [-0.15, -0.1) is 0 Å². The number of likely N-dealkylation sites (N-methyl/N-ethyl adjacent to an activating group) is 1. The molecule has 1 aliphatic carbocycles. The molecule has 0 aromatic carbocycles. The second kappa shape index (κ2) is 4.76. The molecule has 2 heterocycles. The molecule has 0 spiro atoms. The van der Waals surface area contributed by atoms with E-state index < -0.39 is 0 Å². The number of rotatable bonds is 4. The molecular formula is C12H21N5. The van der Waals surface area contributed by atoms with Crippen molar-refractivity contribution >= 4 is 0 Å². The van der Waals surface area contributed by atoms with E-state index in [-0.39, 0.29) is 0 Å². The molecule has 1 saturated heterocycles. The van der Waals surface area contributed by atoms with E-state index in [4.69, 9.17) is 0 Å². The van der Waals surface area contributed by atoms with Gasteiger partial charge in [-0.25, -0.2) is 15.4 Å². The first-order valence-electron chi connectivity index (χ1n) is 6.50. The number of aromatic nitrogens is 2. The molecule has 2 fully saturated rings. The van der Waals surface area contributed by atoms with Gasteiger partial charge >= 0.3 is 0 Å². The van der Waals surface area contributed by atoms with Crippen LogP contribution in [0.2, 0.25) is 0 Å². The Kier molecular flexibility index (Phi) is 3.13. The van der Waals surface area contributed by atoms with Gasteiger partial charge in [0.25, 0.3) is 0 Å². The van der Waals surface area contributed by atoms with Crippen molar-refractivity contribution in [2.24, 2.45) is 0 Å². The predicted octanol–water partition coefficient (Wildman–Crippen LogP) is 0.470. The Hall–Kier alpha value is -0.910. The molecule has 0 atom stereocenters. The molecule has 5 nitrogen and oxygen atoms in total. The van der Waals surface area contributed by atoms with Gasteiger partial charge in [-0.3, -0.25) is 0 Å². The fraction of sp³-hybridized carbons (Fsp3) is 0.750. The van der Waals surface area contributed by atoms with Crippen LogP contribution in [-0.2, 0) is 6.54 Å². The van der Waals surface area contributed by atoms with Crippen molar-refractivity contribution in [3.8, 4) is 0 Å². The lowest BCUT2D eigenvalue weighted by Crippen LogP contribution is -2.50. The summed E-state index contributed by atoms with van der Waals surface area (Å²) in [4.78, 5) is 6.62. The van der Waals surface area contributed by atoms with Crippen molar-refractivity contribution in [3.05, 3.63) is 18.2 Å². The van der Waals surface area contributed by atoms with E-state index in [0.717, 1.165) is 38.8 Å². The molecule has 5 heteroatoms. The molecule has 1 aromatic heterocycles. The highest BCUT2D eigenvalue weighted by Gasteiger charge is 2.25. The maximum absolute atomic E-state index is 4.26. The second-order valence-electron chi connectivity index (χ2n) is 5.15. The molecule has 1 aliphatic heterocycles. The predicted molar refractivity (Wildman–Crippen MR) is 66.4 cm³/mol. The van der Waals surface area contributed by atoms with E-state index in [1.807, 2.05) is 12.5 Å². The van der Waals surface area contributed by atoms with E-state index in [2.05, 4.69) is 31.9 Å². The van der Waals surface area contributed by atoms with Crippen LogP contribution in [0.15, 0.2) is 12.5 Å². The number of hydrogen-bond donors (Lipinski definition) is 1. The van der Waals surface area contributed by atoms with Crippen LogP contribution in [0, 0.1) is 0 Å². The summed E-state index contributed by atoms with van der Waals surface area (Å²) in [6.45, 7) is 5.41. The third-order valence-corrected chi connectivity index (χ3v) is 3.67. The maximum Gasteiger partial charge on any atom is 0.0951 e. The summed E-state index contributed by atoms with van der Waals surface area (Å²) in [6.07, 6.45) is 6.59. The standard InChI is InChI=1S/C12H21N5/c1-15-4-6-16(7-5-15)14-9-12-8-13-10-17(12)11-2-3-11/h8,10-11,14H,2-7,9H2,1H3. The Morgan fingerprint density at radius 2 is 2.06 bits per heavy atom. The highest BCUT2D eigenvalue weighted by Crippen LogP contribution is 2.35. The van der Waals surface area contributed by atoms with Crippen molar-refractivity contribution in [3.63, 3.8) is 0 Å². The topological polar surface area (TPSA) is 36.3 Å². The van der Waals surface area contributed by atoms with Crippen LogP contribution in [0.1, 0.15) is 24.6 Å². The van der Waals surface area contributed by atoms with Gasteiger partial charge < -0.3 is 9.47 Å². The van der Waals surface area contributed by atoms with Crippen molar-refractivity contribution in [1.29, 1.82) is 0 Å². The number of hydrogen-bond acceptors (Lipinski definition) is 4. The minimum atomic E-state index is 0.724. The molecule has 0 radical (unpaired) electrons. The number of nitrogens with one attached hydrogen (secondary N) is 1. The van der Waals surface area contributed by atoms with E-state index in [9.17, 15) is 0 Å². The van der Waals surface area contributed by atoms with E-state index >= 15 is 0 Å². The summed E-state index contributed by atoms with van der Waals surface area (Å²) in [6, 6.07) is 0.724. The third kappa shape index (κ3) is 2.68. The van der Waals surface area contributed by atoms with Gasteiger partial charge in [-0.1, -0.05) is 0 Å². The van der Waals surface area contributed by atoms with Gasteiger partial charge in [0, 0.05) is 38.4 Å². The zero-order chi connectivity index (χ0) is 11.7. The van der Waals surface area contributed by atoms with E-state index in [0.29, 0.717) is 0 Å². The Balaban J connectivity index is 1.51. The lowest BCUT2D eigenvalue weighted by Gasteiger charge is -2.32. The highest BCUT2D eigenvalue weighted by atomic mass is 15.5. The smallest absolute Gasteiger partial charge is 0.0951 e. The van der Waals surface area contributed by atoms with Crippen LogP contribution in [0.3, 0.4) is 0 Å². The first-order valence-corrected chi connectivity index (χ1v) is 6.50.